The van der Waals surface area contributed by atoms with Gasteiger partial charge in [0, 0.05) is 25.4 Å². The van der Waals surface area contributed by atoms with Crippen LogP contribution in [0.2, 0.25) is 0 Å². The average molecular weight is 207 g/mol. The molecule has 0 bridgehead atoms. The van der Waals surface area contributed by atoms with E-state index in [9.17, 15) is 5.11 Å². The summed E-state index contributed by atoms with van der Waals surface area (Å²) in [6, 6.07) is 10.4. The second kappa shape index (κ2) is 6.46. The van der Waals surface area contributed by atoms with Crippen molar-refractivity contribution in [3.63, 3.8) is 0 Å². The van der Waals surface area contributed by atoms with Crippen molar-refractivity contribution in [2.45, 2.75) is 20.3 Å². The predicted octanol–water partition coefficient (Wildman–Crippen LogP) is 2.53. The average Bonchev–Trinajstić information content (AvgIpc) is 2.32. The van der Waals surface area contributed by atoms with Gasteiger partial charge in [0.1, 0.15) is 0 Å². The lowest BCUT2D eigenvalue weighted by Crippen LogP contribution is -2.30. The molecule has 1 rings (SSSR count). The quantitative estimate of drug-likeness (QED) is 0.775. The van der Waals surface area contributed by atoms with Crippen molar-refractivity contribution in [2.24, 2.45) is 5.92 Å². The van der Waals surface area contributed by atoms with Crippen LogP contribution in [0.1, 0.15) is 20.3 Å². The Balaban J connectivity index is 2.64. The molecule has 0 saturated heterocycles. The predicted molar refractivity (Wildman–Crippen MR) is 65.2 cm³/mol. The fourth-order valence-corrected chi connectivity index (χ4v) is 1.68. The van der Waals surface area contributed by atoms with Crippen LogP contribution >= 0.6 is 0 Å². The molecule has 0 aliphatic heterocycles. The minimum atomic E-state index is 0.278. The van der Waals surface area contributed by atoms with E-state index in [2.05, 4.69) is 43.0 Å². The first-order chi connectivity index (χ1) is 7.31. The van der Waals surface area contributed by atoms with E-state index in [1.165, 1.54) is 5.69 Å². The fraction of sp³-hybridized carbons (Fsp3) is 0.538. The van der Waals surface area contributed by atoms with Crippen molar-refractivity contribution in [3.8, 4) is 0 Å². The molecule has 0 spiro atoms. The highest BCUT2D eigenvalue weighted by molar-refractivity contribution is 5.45. The van der Waals surface area contributed by atoms with Gasteiger partial charge in [-0.05, 0) is 31.4 Å². The van der Waals surface area contributed by atoms with Crippen molar-refractivity contribution in [1.29, 1.82) is 0 Å². The number of hydrogen-bond donors (Lipinski definition) is 1. The molecule has 0 aliphatic rings. The van der Waals surface area contributed by atoms with E-state index in [1.807, 2.05) is 6.07 Å². The van der Waals surface area contributed by atoms with E-state index in [0.29, 0.717) is 5.92 Å². The third-order valence-electron chi connectivity index (χ3n) is 2.82. The minimum Gasteiger partial charge on any atom is -0.396 e. The second-order valence-corrected chi connectivity index (χ2v) is 3.83. The van der Waals surface area contributed by atoms with Gasteiger partial charge < -0.3 is 10.0 Å². The molecule has 84 valence electrons. The molecule has 0 fully saturated rings. The molecule has 0 aliphatic carbocycles. The number of anilines is 1. The zero-order chi connectivity index (χ0) is 11.1. The Morgan fingerprint density at radius 3 is 2.33 bits per heavy atom. The van der Waals surface area contributed by atoms with Crippen LogP contribution in [0.5, 0.6) is 0 Å². The summed E-state index contributed by atoms with van der Waals surface area (Å²) in [5.41, 5.74) is 1.24. The van der Waals surface area contributed by atoms with Gasteiger partial charge in [0.15, 0.2) is 0 Å². The van der Waals surface area contributed by atoms with Crippen LogP contribution in [0.15, 0.2) is 30.3 Å². The van der Waals surface area contributed by atoms with Crippen molar-refractivity contribution in [2.75, 3.05) is 24.6 Å². The second-order valence-electron chi connectivity index (χ2n) is 3.83. The van der Waals surface area contributed by atoms with E-state index in [1.54, 1.807) is 0 Å². The van der Waals surface area contributed by atoms with Crippen LogP contribution in [0.25, 0.3) is 0 Å². The van der Waals surface area contributed by atoms with Gasteiger partial charge in [-0.3, -0.25) is 0 Å². The van der Waals surface area contributed by atoms with Crippen LogP contribution in [-0.4, -0.2) is 24.8 Å². The largest absolute Gasteiger partial charge is 0.396 e. The first kappa shape index (κ1) is 12.1. The monoisotopic (exact) mass is 207 g/mol. The molecule has 0 heterocycles. The molecule has 1 unspecified atom stereocenters. The summed E-state index contributed by atoms with van der Waals surface area (Å²) < 4.78 is 0. The third kappa shape index (κ3) is 3.56. The van der Waals surface area contributed by atoms with E-state index in [4.69, 9.17) is 0 Å². The van der Waals surface area contributed by atoms with E-state index < -0.39 is 0 Å². The summed E-state index contributed by atoms with van der Waals surface area (Å²) in [6.45, 7) is 6.48. The molecule has 0 amide bonds. The molecule has 2 heteroatoms. The van der Waals surface area contributed by atoms with Gasteiger partial charge in [0.05, 0.1) is 0 Å². The standard InChI is InChI=1S/C13H21NO/c1-3-12(11-15)10-14(4-2)13-8-6-5-7-9-13/h5-9,12,15H,3-4,10-11H2,1-2H3. The first-order valence-corrected chi connectivity index (χ1v) is 5.72. The molecule has 1 aromatic rings. The van der Waals surface area contributed by atoms with Gasteiger partial charge in [-0.1, -0.05) is 25.1 Å². The molecule has 1 N–H and O–H groups in total. The Morgan fingerprint density at radius 2 is 1.87 bits per heavy atom. The van der Waals surface area contributed by atoms with Crippen LogP contribution < -0.4 is 4.90 Å². The number of aliphatic hydroxyl groups is 1. The Bertz CT molecular complexity index is 256. The topological polar surface area (TPSA) is 23.5 Å². The molecule has 0 saturated carbocycles. The van der Waals surface area contributed by atoms with Crippen molar-refractivity contribution >= 4 is 5.69 Å². The summed E-state index contributed by atoms with van der Waals surface area (Å²) in [6.07, 6.45) is 1.03. The lowest BCUT2D eigenvalue weighted by molar-refractivity contribution is 0.225. The zero-order valence-electron chi connectivity index (χ0n) is 9.69. The first-order valence-electron chi connectivity index (χ1n) is 5.72. The maximum atomic E-state index is 9.19. The lowest BCUT2D eigenvalue weighted by Gasteiger charge is -2.26. The van der Waals surface area contributed by atoms with Crippen LogP contribution in [0.4, 0.5) is 5.69 Å². The van der Waals surface area contributed by atoms with Gasteiger partial charge >= 0.3 is 0 Å². The molecular formula is C13H21NO. The maximum Gasteiger partial charge on any atom is 0.0476 e. The number of para-hydroxylation sites is 1. The highest BCUT2D eigenvalue weighted by atomic mass is 16.3. The number of rotatable bonds is 6. The van der Waals surface area contributed by atoms with Gasteiger partial charge in [0.2, 0.25) is 0 Å². The number of benzene rings is 1. The van der Waals surface area contributed by atoms with Crippen LogP contribution in [0, 0.1) is 5.92 Å². The molecular weight excluding hydrogens is 186 g/mol. The summed E-state index contributed by atoms with van der Waals surface area (Å²) in [5.74, 6) is 0.380. The highest BCUT2D eigenvalue weighted by Gasteiger charge is 2.10. The fourth-order valence-electron chi connectivity index (χ4n) is 1.68. The van der Waals surface area contributed by atoms with E-state index >= 15 is 0 Å². The minimum absolute atomic E-state index is 0.278. The molecule has 0 radical (unpaired) electrons. The molecule has 1 aromatic carbocycles. The molecule has 2 nitrogen and oxygen atoms in total. The third-order valence-corrected chi connectivity index (χ3v) is 2.82. The van der Waals surface area contributed by atoms with E-state index in [0.717, 1.165) is 19.5 Å². The number of aliphatic hydroxyl groups excluding tert-OH is 1. The summed E-state index contributed by atoms with van der Waals surface area (Å²) in [5, 5.41) is 9.19. The number of hydrogen-bond acceptors (Lipinski definition) is 2. The summed E-state index contributed by atoms with van der Waals surface area (Å²) >= 11 is 0. The van der Waals surface area contributed by atoms with E-state index in [-0.39, 0.29) is 6.61 Å². The smallest absolute Gasteiger partial charge is 0.0476 e. The molecule has 0 aromatic heterocycles. The molecule has 15 heavy (non-hydrogen) atoms. The Morgan fingerprint density at radius 1 is 1.20 bits per heavy atom. The maximum absolute atomic E-state index is 9.19. The Hall–Kier alpha value is -1.02. The Kier molecular flexibility index (Phi) is 5.19. The van der Waals surface area contributed by atoms with Gasteiger partial charge in [-0.25, -0.2) is 0 Å². The highest BCUT2D eigenvalue weighted by Crippen LogP contribution is 2.15. The van der Waals surface area contributed by atoms with Crippen molar-refractivity contribution < 1.29 is 5.11 Å². The van der Waals surface area contributed by atoms with Gasteiger partial charge in [-0.15, -0.1) is 0 Å². The number of nitrogens with zero attached hydrogens (tertiary/aromatic N) is 1. The van der Waals surface area contributed by atoms with Crippen LogP contribution in [0.3, 0.4) is 0 Å². The van der Waals surface area contributed by atoms with Crippen molar-refractivity contribution in [1.82, 2.24) is 0 Å². The Labute approximate surface area is 92.5 Å². The lowest BCUT2D eigenvalue weighted by atomic mass is 10.1. The van der Waals surface area contributed by atoms with Gasteiger partial charge in [0.25, 0.3) is 0 Å². The molecule has 1 atom stereocenters. The zero-order valence-corrected chi connectivity index (χ0v) is 9.69. The summed E-state index contributed by atoms with van der Waals surface area (Å²) in [4.78, 5) is 2.31. The normalized spacial score (nSPS) is 12.5. The van der Waals surface area contributed by atoms with Crippen LogP contribution in [-0.2, 0) is 0 Å². The summed E-state index contributed by atoms with van der Waals surface area (Å²) in [7, 11) is 0. The SMILES string of the molecule is CCC(CO)CN(CC)c1ccccc1. The van der Waals surface area contributed by atoms with Crippen molar-refractivity contribution in [3.05, 3.63) is 30.3 Å². The van der Waals surface area contributed by atoms with Gasteiger partial charge in [-0.2, -0.15) is 0 Å².